The lowest BCUT2D eigenvalue weighted by Crippen LogP contribution is -2.21. The van der Waals surface area contributed by atoms with Crippen LogP contribution in [0.1, 0.15) is 19.8 Å². The van der Waals surface area contributed by atoms with Crippen LogP contribution in [0.2, 0.25) is 0 Å². The molecule has 0 aliphatic rings. The van der Waals surface area contributed by atoms with Gasteiger partial charge in [-0.25, -0.2) is 8.78 Å². The van der Waals surface area contributed by atoms with E-state index < -0.39 is 27.9 Å². The van der Waals surface area contributed by atoms with Gasteiger partial charge < -0.3 is 10.4 Å². The van der Waals surface area contributed by atoms with E-state index in [4.69, 9.17) is 5.11 Å². The largest absolute Gasteiger partial charge is 0.396 e. The second-order valence-electron chi connectivity index (χ2n) is 3.80. The maximum absolute atomic E-state index is 13.5. The van der Waals surface area contributed by atoms with Crippen molar-refractivity contribution in [3.05, 3.63) is 33.9 Å². The minimum Gasteiger partial charge on any atom is -0.396 e. The highest BCUT2D eigenvalue weighted by molar-refractivity contribution is 5.52. The molecule has 0 spiro atoms. The lowest BCUT2D eigenvalue weighted by Gasteiger charge is -2.17. The molecule has 1 rings (SSSR count). The van der Waals surface area contributed by atoms with Crippen molar-refractivity contribution in [1.29, 1.82) is 0 Å². The Hall–Kier alpha value is -1.76. The summed E-state index contributed by atoms with van der Waals surface area (Å²) in [6.45, 7) is 1.69. The standard InChI is InChI=1S/C11H14F2N2O3/c1-2-7(3-4-16)14-11-9(12)5-8(15(17)18)6-10(11)13/h5-7,14,16H,2-4H2,1H3. The van der Waals surface area contributed by atoms with Crippen LogP contribution in [0.25, 0.3) is 0 Å². The Bertz CT molecular complexity index is 417. The van der Waals surface area contributed by atoms with Gasteiger partial charge in [0.2, 0.25) is 0 Å². The summed E-state index contributed by atoms with van der Waals surface area (Å²) in [5.74, 6) is -2.03. The van der Waals surface area contributed by atoms with Crippen LogP contribution in [0, 0.1) is 21.7 Å². The van der Waals surface area contributed by atoms with Gasteiger partial charge in [-0.05, 0) is 12.8 Å². The van der Waals surface area contributed by atoms with Gasteiger partial charge in [-0.15, -0.1) is 0 Å². The first kappa shape index (κ1) is 14.3. The van der Waals surface area contributed by atoms with Crippen molar-refractivity contribution < 1.29 is 18.8 Å². The number of hydrogen-bond acceptors (Lipinski definition) is 4. The summed E-state index contributed by atoms with van der Waals surface area (Å²) in [5, 5.41) is 21.8. The van der Waals surface area contributed by atoms with E-state index >= 15 is 0 Å². The minimum absolute atomic E-state index is 0.109. The fourth-order valence-corrected chi connectivity index (χ4v) is 1.54. The third-order valence-electron chi connectivity index (χ3n) is 2.56. The SMILES string of the molecule is CCC(CCO)Nc1c(F)cc([N+](=O)[O-])cc1F. The smallest absolute Gasteiger partial charge is 0.275 e. The molecule has 0 aromatic heterocycles. The second-order valence-corrected chi connectivity index (χ2v) is 3.80. The Balaban J connectivity index is 2.99. The molecule has 0 radical (unpaired) electrons. The van der Waals surface area contributed by atoms with E-state index in [-0.39, 0.29) is 12.6 Å². The fraction of sp³-hybridized carbons (Fsp3) is 0.455. The number of nitrogens with one attached hydrogen (secondary N) is 1. The molecular weight excluding hydrogens is 246 g/mol. The van der Waals surface area contributed by atoms with Gasteiger partial charge in [-0.1, -0.05) is 6.92 Å². The lowest BCUT2D eigenvalue weighted by atomic mass is 10.1. The zero-order chi connectivity index (χ0) is 13.7. The first-order chi connectivity index (χ1) is 8.49. The number of nitrogens with zero attached hydrogens (tertiary/aromatic N) is 1. The number of hydrogen-bond donors (Lipinski definition) is 2. The maximum Gasteiger partial charge on any atom is 0.275 e. The van der Waals surface area contributed by atoms with E-state index in [1.54, 1.807) is 6.92 Å². The van der Waals surface area contributed by atoms with Gasteiger partial charge in [0.1, 0.15) is 5.69 Å². The van der Waals surface area contributed by atoms with Gasteiger partial charge in [0.05, 0.1) is 17.1 Å². The van der Waals surface area contributed by atoms with Crippen molar-refractivity contribution in [3.8, 4) is 0 Å². The van der Waals surface area contributed by atoms with Crippen LogP contribution < -0.4 is 5.32 Å². The Labute approximate surface area is 103 Å². The number of aliphatic hydroxyl groups is 1. The van der Waals surface area contributed by atoms with Crippen LogP contribution in [0.4, 0.5) is 20.2 Å². The Morgan fingerprint density at radius 3 is 2.39 bits per heavy atom. The minimum atomic E-state index is -1.02. The van der Waals surface area contributed by atoms with Crippen LogP contribution in [-0.4, -0.2) is 22.7 Å². The van der Waals surface area contributed by atoms with Crippen molar-refractivity contribution in [2.45, 2.75) is 25.8 Å². The number of benzene rings is 1. The van der Waals surface area contributed by atoms with E-state index in [0.717, 1.165) is 0 Å². The number of aliphatic hydroxyl groups excluding tert-OH is 1. The monoisotopic (exact) mass is 260 g/mol. The van der Waals surface area contributed by atoms with Gasteiger partial charge in [-0.2, -0.15) is 0 Å². The van der Waals surface area contributed by atoms with Crippen molar-refractivity contribution >= 4 is 11.4 Å². The third-order valence-corrected chi connectivity index (χ3v) is 2.56. The Kier molecular flexibility index (Phi) is 4.96. The topological polar surface area (TPSA) is 75.4 Å². The summed E-state index contributed by atoms with van der Waals surface area (Å²) in [6.07, 6.45) is 0.906. The van der Waals surface area contributed by atoms with Crippen LogP contribution in [-0.2, 0) is 0 Å². The van der Waals surface area contributed by atoms with Crippen LogP contribution in [0.5, 0.6) is 0 Å². The highest BCUT2D eigenvalue weighted by Gasteiger charge is 2.18. The van der Waals surface area contributed by atoms with Crippen molar-refractivity contribution in [2.24, 2.45) is 0 Å². The summed E-state index contributed by atoms with van der Waals surface area (Å²) < 4.78 is 27.1. The average Bonchev–Trinajstić information content (AvgIpc) is 2.31. The second kappa shape index (κ2) is 6.25. The zero-order valence-corrected chi connectivity index (χ0v) is 9.82. The maximum atomic E-state index is 13.5. The van der Waals surface area contributed by atoms with Gasteiger partial charge in [0.25, 0.3) is 5.69 Å². The Morgan fingerprint density at radius 1 is 1.44 bits per heavy atom. The van der Waals surface area contributed by atoms with Gasteiger partial charge in [0, 0.05) is 12.6 Å². The normalized spacial score (nSPS) is 12.2. The van der Waals surface area contributed by atoms with Crippen molar-refractivity contribution in [3.63, 3.8) is 0 Å². The molecule has 0 fully saturated rings. The first-order valence-electron chi connectivity index (χ1n) is 5.50. The van der Waals surface area contributed by atoms with Crippen LogP contribution >= 0.6 is 0 Å². The summed E-state index contributed by atoms with van der Waals surface area (Å²) in [4.78, 5) is 9.56. The molecule has 5 nitrogen and oxygen atoms in total. The fourth-order valence-electron chi connectivity index (χ4n) is 1.54. The molecule has 0 saturated carbocycles. The number of non-ortho nitro benzene ring substituents is 1. The Morgan fingerprint density at radius 2 is 2.00 bits per heavy atom. The quantitative estimate of drug-likeness (QED) is 0.608. The molecule has 1 unspecified atom stereocenters. The predicted molar refractivity (Wildman–Crippen MR) is 62.4 cm³/mol. The number of rotatable bonds is 6. The van der Waals surface area contributed by atoms with E-state index in [1.165, 1.54) is 0 Å². The van der Waals surface area contributed by atoms with Gasteiger partial charge in [-0.3, -0.25) is 10.1 Å². The molecule has 100 valence electrons. The molecule has 2 N–H and O–H groups in total. The molecule has 18 heavy (non-hydrogen) atoms. The predicted octanol–water partition coefficient (Wildman–Crippen LogP) is 2.45. The molecule has 0 heterocycles. The molecule has 1 aromatic rings. The number of nitro groups is 1. The summed E-state index contributed by atoms with van der Waals surface area (Å²) in [6, 6.07) is 1.04. The summed E-state index contributed by atoms with van der Waals surface area (Å²) in [7, 11) is 0. The van der Waals surface area contributed by atoms with E-state index in [1.807, 2.05) is 0 Å². The van der Waals surface area contributed by atoms with E-state index in [0.29, 0.717) is 25.0 Å². The average molecular weight is 260 g/mol. The van der Waals surface area contributed by atoms with Crippen molar-refractivity contribution in [1.82, 2.24) is 0 Å². The molecule has 7 heteroatoms. The molecule has 1 atom stereocenters. The molecule has 1 aromatic carbocycles. The highest BCUT2D eigenvalue weighted by atomic mass is 19.1. The first-order valence-corrected chi connectivity index (χ1v) is 5.50. The van der Waals surface area contributed by atoms with Crippen LogP contribution in [0.3, 0.4) is 0 Å². The number of nitro benzene ring substituents is 1. The highest BCUT2D eigenvalue weighted by Crippen LogP contribution is 2.26. The van der Waals surface area contributed by atoms with Gasteiger partial charge in [0.15, 0.2) is 11.6 Å². The molecule has 0 aliphatic carbocycles. The third kappa shape index (κ3) is 3.36. The molecule has 0 amide bonds. The summed E-state index contributed by atoms with van der Waals surface area (Å²) >= 11 is 0. The molecule has 0 bridgehead atoms. The number of anilines is 1. The lowest BCUT2D eigenvalue weighted by molar-refractivity contribution is -0.385. The number of halogens is 2. The van der Waals surface area contributed by atoms with E-state index in [2.05, 4.69) is 5.32 Å². The van der Waals surface area contributed by atoms with Crippen LogP contribution in [0.15, 0.2) is 12.1 Å². The zero-order valence-electron chi connectivity index (χ0n) is 9.82. The van der Waals surface area contributed by atoms with Gasteiger partial charge >= 0.3 is 0 Å². The summed E-state index contributed by atoms with van der Waals surface area (Å²) in [5.41, 5.74) is -1.04. The van der Waals surface area contributed by atoms with E-state index in [9.17, 15) is 18.9 Å². The molecule has 0 aliphatic heterocycles. The molecule has 0 saturated heterocycles. The molecular formula is C11H14F2N2O3. The van der Waals surface area contributed by atoms with Crippen molar-refractivity contribution in [2.75, 3.05) is 11.9 Å².